The van der Waals surface area contributed by atoms with Crippen LogP contribution in [-0.2, 0) is 6.54 Å². The molecule has 3 aromatic carbocycles. The summed E-state index contributed by atoms with van der Waals surface area (Å²) in [6.45, 7) is 2.36. The van der Waals surface area contributed by atoms with Crippen molar-refractivity contribution in [2.75, 3.05) is 13.9 Å². The number of carbonyl (C=O) groups excluding carboxylic acids is 1. The monoisotopic (exact) mass is 455 g/mol. The highest BCUT2D eigenvalue weighted by Gasteiger charge is 2.42. The van der Waals surface area contributed by atoms with E-state index >= 15 is 0 Å². The van der Waals surface area contributed by atoms with Crippen molar-refractivity contribution < 1.29 is 23.4 Å². The van der Waals surface area contributed by atoms with Crippen molar-refractivity contribution in [2.24, 2.45) is 0 Å². The molecule has 0 spiro atoms. The first kappa shape index (κ1) is 20.4. The highest BCUT2D eigenvalue weighted by molar-refractivity contribution is 5.99. The molecule has 1 aromatic heterocycles. The Labute approximate surface area is 195 Å². The van der Waals surface area contributed by atoms with E-state index in [1.165, 1.54) is 0 Å². The Bertz CT molecular complexity index is 1500. The first-order valence-corrected chi connectivity index (χ1v) is 10.9. The minimum absolute atomic E-state index is 0.0860. The highest BCUT2D eigenvalue weighted by atomic mass is 16.7. The van der Waals surface area contributed by atoms with E-state index in [0.29, 0.717) is 33.8 Å². The van der Waals surface area contributed by atoms with Crippen LogP contribution in [0.2, 0.25) is 0 Å². The Morgan fingerprint density at radius 3 is 2.56 bits per heavy atom. The molecule has 7 nitrogen and oxygen atoms in total. The fourth-order valence-electron chi connectivity index (χ4n) is 4.67. The van der Waals surface area contributed by atoms with Gasteiger partial charge in [0.25, 0.3) is 5.91 Å². The van der Waals surface area contributed by atoms with Crippen LogP contribution in [-0.4, -0.2) is 24.7 Å². The fraction of sp³-hybridized carbons (Fsp3) is 0.185. The lowest BCUT2D eigenvalue weighted by Crippen LogP contribution is -2.29. The summed E-state index contributed by atoms with van der Waals surface area (Å²) in [5.41, 5.74) is 3.17. The molecule has 0 bridgehead atoms. The van der Waals surface area contributed by atoms with Crippen LogP contribution < -0.4 is 19.6 Å². The topological polar surface area (TPSA) is 78.2 Å². The highest BCUT2D eigenvalue weighted by Crippen LogP contribution is 2.40. The fourth-order valence-corrected chi connectivity index (χ4v) is 4.67. The zero-order valence-corrected chi connectivity index (χ0v) is 18.7. The van der Waals surface area contributed by atoms with Crippen molar-refractivity contribution in [3.63, 3.8) is 0 Å². The van der Waals surface area contributed by atoms with Gasteiger partial charge in [-0.25, -0.2) is 0 Å². The third-order valence-corrected chi connectivity index (χ3v) is 6.34. The van der Waals surface area contributed by atoms with Gasteiger partial charge >= 0.3 is 0 Å². The SMILES string of the molecule is COc1ccc([C@H]2c3c(oc4ccc(C)cc4c3=O)C(=O)N2Cc2ccc3c(c2)OCO3)cc1. The van der Waals surface area contributed by atoms with E-state index in [0.717, 1.165) is 16.7 Å². The summed E-state index contributed by atoms with van der Waals surface area (Å²) >= 11 is 0. The van der Waals surface area contributed by atoms with E-state index < -0.39 is 6.04 Å². The summed E-state index contributed by atoms with van der Waals surface area (Å²) in [7, 11) is 1.60. The van der Waals surface area contributed by atoms with E-state index in [4.69, 9.17) is 18.6 Å². The van der Waals surface area contributed by atoms with Gasteiger partial charge in [0, 0.05) is 6.54 Å². The molecule has 0 saturated heterocycles. The first-order valence-electron chi connectivity index (χ1n) is 10.9. The van der Waals surface area contributed by atoms with Crippen LogP contribution in [0.15, 0.2) is 69.9 Å². The first-order chi connectivity index (χ1) is 16.5. The van der Waals surface area contributed by atoms with Gasteiger partial charge in [0.2, 0.25) is 12.6 Å². The second-order valence-corrected chi connectivity index (χ2v) is 8.47. The average Bonchev–Trinajstić information content (AvgIpc) is 3.43. The summed E-state index contributed by atoms with van der Waals surface area (Å²) in [4.78, 5) is 29.0. The largest absolute Gasteiger partial charge is 0.497 e. The molecule has 3 heterocycles. The lowest BCUT2D eigenvalue weighted by atomic mass is 9.98. The number of methoxy groups -OCH3 is 1. The molecule has 6 rings (SSSR count). The number of rotatable bonds is 4. The predicted molar refractivity (Wildman–Crippen MR) is 124 cm³/mol. The van der Waals surface area contributed by atoms with Crippen LogP contribution in [0.1, 0.15) is 38.9 Å². The Balaban J connectivity index is 1.51. The van der Waals surface area contributed by atoms with Crippen LogP contribution in [0.25, 0.3) is 11.0 Å². The van der Waals surface area contributed by atoms with Crippen LogP contribution in [0.5, 0.6) is 17.2 Å². The number of benzene rings is 3. The lowest BCUT2D eigenvalue weighted by Gasteiger charge is -2.25. The number of hydrogen-bond acceptors (Lipinski definition) is 6. The standard InChI is InChI=1S/C27H21NO6/c1-15-3-9-20-19(11-15)25(29)23-24(17-5-7-18(31-2)8-6-17)28(27(30)26(23)34-20)13-16-4-10-21-22(12-16)33-14-32-21/h3-12,24H,13-14H2,1-2H3/t24-/m0/s1. The maximum Gasteiger partial charge on any atom is 0.291 e. The Morgan fingerprint density at radius 2 is 1.76 bits per heavy atom. The third-order valence-electron chi connectivity index (χ3n) is 6.34. The molecule has 0 N–H and O–H groups in total. The number of fused-ring (bicyclic) bond motifs is 3. The molecule has 0 aliphatic carbocycles. The maximum atomic E-state index is 13.7. The second kappa shape index (κ2) is 7.66. The van der Waals surface area contributed by atoms with Gasteiger partial charge in [0.15, 0.2) is 16.9 Å². The molecule has 2 aliphatic heterocycles. The Kier molecular flexibility index (Phi) is 4.58. The van der Waals surface area contributed by atoms with Gasteiger partial charge in [-0.2, -0.15) is 0 Å². The molecule has 1 amide bonds. The van der Waals surface area contributed by atoms with Crippen molar-refractivity contribution >= 4 is 16.9 Å². The van der Waals surface area contributed by atoms with E-state index in [9.17, 15) is 9.59 Å². The van der Waals surface area contributed by atoms with Gasteiger partial charge in [-0.3, -0.25) is 9.59 Å². The molecule has 0 unspecified atom stereocenters. The molecular weight excluding hydrogens is 434 g/mol. The number of aryl methyl sites for hydroxylation is 1. The minimum Gasteiger partial charge on any atom is -0.497 e. The van der Waals surface area contributed by atoms with Gasteiger partial charge in [0.1, 0.15) is 11.3 Å². The zero-order valence-electron chi connectivity index (χ0n) is 18.7. The third kappa shape index (κ3) is 3.12. The molecule has 0 radical (unpaired) electrons. The number of carbonyl (C=O) groups is 1. The quantitative estimate of drug-likeness (QED) is 0.448. The van der Waals surface area contributed by atoms with Crippen molar-refractivity contribution in [3.05, 3.63) is 98.9 Å². The van der Waals surface area contributed by atoms with Gasteiger partial charge in [-0.15, -0.1) is 0 Å². The van der Waals surface area contributed by atoms with Crippen molar-refractivity contribution in [3.8, 4) is 17.2 Å². The summed E-state index contributed by atoms with van der Waals surface area (Å²) < 4.78 is 22.2. The van der Waals surface area contributed by atoms with E-state index in [1.54, 1.807) is 24.1 Å². The molecule has 170 valence electrons. The van der Waals surface area contributed by atoms with Gasteiger partial charge < -0.3 is 23.5 Å². The van der Waals surface area contributed by atoms with Gasteiger partial charge in [-0.05, 0) is 54.4 Å². The van der Waals surface area contributed by atoms with Crippen LogP contribution in [0.3, 0.4) is 0 Å². The van der Waals surface area contributed by atoms with E-state index in [-0.39, 0.29) is 30.4 Å². The van der Waals surface area contributed by atoms with Crippen molar-refractivity contribution in [1.82, 2.24) is 4.90 Å². The van der Waals surface area contributed by atoms with E-state index in [1.807, 2.05) is 55.5 Å². The number of nitrogens with zero attached hydrogens (tertiary/aromatic N) is 1. The molecule has 2 aliphatic rings. The van der Waals surface area contributed by atoms with Crippen LogP contribution in [0, 0.1) is 6.92 Å². The molecule has 1 atom stereocenters. The summed E-state index contributed by atoms with van der Waals surface area (Å²) in [5.74, 6) is 1.76. The second-order valence-electron chi connectivity index (χ2n) is 8.47. The molecule has 7 heteroatoms. The molecular formula is C27H21NO6. The predicted octanol–water partition coefficient (Wildman–Crippen LogP) is 4.58. The molecule has 0 fully saturated rings. The van der Waals surface area contributed by atoms with E-state index in [2.05, 4.69) is 0 Å². The van der Waals surface area contributed by atoms with Gasteiger partial charge in [-0.1, -0.05) is 29.8 Å². The summed E-state index contributed by atoms with van der Waals surface area (Å²) in [5, 5.41) is 0.468. The zero-order chi connectivity index (χ0) is 23.4. The number of ether oxygens (including phenoxy) is 3. The Hall–Kier alpha value is -4.26. The molecule has 0 saturated carbocycles. The van der Waals surface area contributed by atoms with Crippen molar-refractivity contribution in [1.29, 1.82) is 0 Å². The molecule has 4 aromatic rings. The number of hydrogen-bond donors (Lipinski definition) is 0. The normalized spacial score (nSPS) is 16.2. The van der Waals surface area contributed by atoms with Crippen LogP contribution >= 0.6 is 0 Å². The minimum atomic E-state index is -0.597. The maximum absolute atomic E-state index is 13.7. The average molecular weight is 455 g/mol. The molecule has 34 heavy (non-hydrogen) atoms. The summed E-state index contributed by atoms with van der Waals surface area (Å²) in [6.07, 6.45) is 0. The Morgan fingerprint density at radius 1 is 0.971 bits per heavy atom. The summed E-state index contributed by atoms with van der Waals surface area (Å²) in [6, 6.07) is 17.8. The van der Waals surface area contributed by atoms with Crippen molar-refractivity contribution in [2.45, 2.75) is 19.5 Å². The van der Waals surface area contributed by atoms with Crippen LogP contribution in [0.4, 0.5) is 0 Å². The lowest BCUT2D eigenvalue weighted by molar-refractivity contribution is 0.0714. The smallest absolute Gasteiger partial charge is 0.291 e. The van der Waals surface area contributed by atoms with Gasteiger partial charge in [0.05, 0.1) is 24.1 Å². The number of amides is 1.